The van der Waals surface area contributed by atoms with Gasteiger partial charge in [-0.15, -0.1) is 0 Å². The smallest absolute Gasteiger partial charge is 0.0545 e. The number of nitrogens with two attached hydrogens (primary N) is 1. The van der Waals surface area contributed by atoms with Gasteiger partial charge in [0.05, 0.1) is 6.17 Å². The number of fused-ring (bicyclic) bond motifs is 2. The number of hydrogen-bond donors (Lipinski definition) is 1. The van der Waals surface area contributed by atoms with Crippen LogP contribution in [-0.2, 0) is 0 Å². The van der Waals surface area contributed by atoms with Crippen molar-refractivity contribution in [3.63, 3.8) is 0 Å². The molecule has 0 aromatic rings. The molecule has 0 aromatic heterocycles. The quantitative estimate of drug-likeness (QED) is 0.583. The summed E-state index contributed by atoms with van der Waals surface area (Å²) < 4.78 is 0. The lowest BCUT2D eigenvalue weighted by molar-refractivity contribution is 0.163. The van der Waals surface area contributed by atoms with Crippen LogP contribution >= 0.6 is 0 Å². The molecule has 1 heterocycles. The fourth-order valence-corrected chi connectivity index (χ4v) is 2.46. The first-order valence-electron chi connectivity index (χ1n) is 4.28. The van der Waals surface area contributed by atoms with Crippen LogP contribution in [0.2, 0.25) is 0 Å². The Balaban J connectivity index is 2.02. The van der Waals surface area contributed by atoms with E-state index < -0.39 is 0 Å². The third-order valence-corrected chi connectivity index (χ3v) is 2.97. The van der Waals surface area contributed by atoms with Crippen molar-refractivity contribution in [1.82, 2.24) is 4.90 Å². The van der Waals surface area contributed by atoms with Gasteiger partial charge in [-0.1, -0.05) is 0 Å². The van der Waals surface area contributed by atoms with Gasteiger partial charge in [0.15, 0.2) is 0 Å². The van der Waals surface area contributed by atoms with Gasteiger partial charge in [0.2, 0.25) is 0 Å². The van der Waals surface area contributed by atoms with E-state index in [1.807, 2.05) is 0 Å². The van der Waals surface area contributed by atoms with Crippen molar-refractivity contribution in [1.29, 1.82) is 0 Å². The Morgan fingerprint density at radius 3 is 2.60 bits per heavy atom. The second-order valence-electron chi connectivity index (χ2n) is 3.77. The van der Waals surface area contributed by atoms with Crippen molar-refractivity contribution in [2.45, 2.75) is 38.4 Å². The van der Waals surface area contributed by atoms with Crippen LogP contribution in [0, 0.1) is 5.92 Å². The monoisotopic (exact) mass is 140 g/mol. The van der Waals surface area contributed by atoms with Gasteiger partial charge in [-0.05, 0) is 32.1 Å². The SMILES string of the molecule is CC(N)N1CC2CCC1C2. The van der Waals surface area contributed by atoms with Gasteiger partial charge in [-0.3, -0.25) is 4.90 Å². The first-order valence-corrected chi connectivity index (χ1v) is 4.28. The van der Waals surface area contributed by atoms with Gasteiger partial charge < -0.3 is 5.73 Å². The van der Waals surface area contributed by atoms with E-state index in [-0.39, 0.29) is 6.17 Å². The molecular weight excluding hydrogens is 124 g/mol. The van der Waals surface area contributed by atoms with Crippen LogP contribution in [0.1, 0.15) is 26.2 Å². The molecule has 2 bridgehead atoms. The summed E-state index contributed by atoms with van der Waals surface area (Å²) in [6.45, 7) is 3.36. The molecule has 2 N–H and O–H groups in total. The first-order chi connectivity index (χ1) is 4.77. The van der Waals surface area contributed by atoms with Gasteiger partial charge in [-0.2, -0.15) is 0 Å². The Hall–Kier alpha value is -0.0800. The van der Waals surface area contributed by atoms with E-state index in [1.54, 1.807) is 0 Å². The topological polar surface area (TPSA) is 29.3 Å². The van der Waals surface area contributed by atoms with Crippen molar-refractivity contribution in [2.75, 3.05) is 6.54 Å². The lowest BCUT2D eigenvalue weighted by Crippen LogP contribution is -2.44. The molecule has 10 heavy (non-hydrogen) atoms. The Morgan fingerprint density at radius 1 is 1.50 bits per heavy atom. The van der Waals surface area contributed by atoms with E-state index in [9.17, 15) is 0 Å². The molecule has 1 aliphatic carbocycles. The molecule has 0 amide bonds. The molecule has 3 unspecified atom stereocenters. The predicted molar refractivity (Wildman–Crippen MR) is 41.5 cm³/mol. The summed E-state index contributed by atoms with van der Waals surface area (Å²) in [5, 5.41) is 0. The van der Waals surface area contributed by atoms with Crippen molar-refractivity contribution in [3.8, 4) is 0 Å². The fourth-order valence-electron chi connectivity index (χ4n) is 2.46. The van der Waals surface area contributed by atoms with Gasteiger partial charge in [-0.25, -0.2) is 0 Å². The van der Waals surface area contributed by atoms with Crippen molar-refractivity contribution >= 4 is 0 Å². The van der Waals surface area contributed by atoms with Crippen LogP contribution in [0.5, 0.6) is 0 Å². The number of rotatable bonds is 1. The highest BCUT2D eigenvalue weighted by molar-refractivity contribution is 4.92. The van der Waals surface area contributed by atoms with Crippen molar-refractivity contribution < 1.29 is 0 Å². The molecule has 3 atom stereocenters. The zero-order chi connectivity index (χ0) is 7.14. The molecule has 1 saturated carbocycles. The lowest BCUT2D eigenvalue weighted by Gasteiger charge is -2.29. The third kappa shape index (κ3) is 0.867. The normalized spacial score (nSPS) is 42.6. The second kappa shape index (κ2) is 2.21. The Bertz CT molecular complexity index is 133. The minimum Gasteiger partial charge on any atom is -0.316 e. The predicted octanol–water partition coefficient (Wildman–Crippen LogP) is 0.775. The standard InChI is InChI=1S/C8H16N2/c1-6(9)10-5-7-2-3-8(10)4-7/h6-8H,2-5,9H2,1H3. The maximum absolute atomic E-state index is 5.81. The summed E-state index contributed by atoms with van der Waals surface area (Å²) in [4.78, 5) is 2.45. The molecule has 0 aromatic carbocycles. The van der Waals surface area contributed by atoms with Crippen LogP contribution < -0.4 is 5.73 Å². The minimum absolute atomic E-state index is 0.287. The van der Waals surface area contributed by atoms with Crippen molar-refractivity contribution in [3.05, 3.63) is 0 Å². The van der Waals surface area contributed by atoms with E-state index in [4.69, 9.17) is 5.73 Å². The fraction of sp³-hybridized carbons (Fsp3) is 1.00. The Kier molecular flexibility index (Phi) is 1.46. The largest absolute Gasteiger partial charge is 0.316 e. The highest BCUT2D eigenvalue weighted by atomic mass is 15.3. The molecule has 2 rings (SSSR count). The highest BCUT2D eigenvalue weighted by Crippen LogP contribution is 2.37. The molecule has 2 fully saturated rings. The first kappa shape index (κ1) is 6.62. The van der Waals surface area contributed by atoms with E-state index in [0.717, 1.165) is 12.0 Å². The number of likely N-dealkylation sites (tertiary alicyclic amines) is 1. The molecule has 58 valence electrons. The summed E-state index contributed by atoms with van der Waals surface area (Å²) >= 11 is 0. The lowest BCUT2D eigenvalue weighted by atomic mass is 10.1. The third-order valence-electron chi connectivity index (χ3n) is 2.97. The van der Waals surface area contributed by atoms with E-state index in [2.05, 4.69) is 11.8 Å². The van der Waals surface area contributed by atoms with Gasteiger partial charge in [0.25, 0.3) is 0 Å². The molecule has 0 radical (unpaired) electrons. The van der Waals surface area contributed by atoms with Crippen LogP contribution in [0.4, 0.5) is 0 Å². The minimum atomic E-state index is 0.287. The van der Waals surface area contributed by atoms with E-state index >= 15 is 0 Å². The summed E-state index contributed by atoms with van der Waals surface area (Å²) in [6, 6.07) is 0.838. The number of piperidine rings is 1. The molecule has 2 aliphatic rings. The highest BCUT2D eigenvalue weighted by Gasteiger charge is 2.38. The van der Waals surface area contributed by atoms with E-state index in [1.165, 1.54) is 25.8 Å². The van der Waals surface area contributed by atoms with E-state index in [0.29, 0.717) is 0 Å². The van der Waals surface area contributed by atoms with Crippen LogP contribution in [-0.4, -0.2) is 23.7 Å². The van der Waals surface area contributed by atoms with Crippen LogP contribution in [0.15, 0.2) is 0 Å². The summed E-state index contributed by atoms with van der Waals surface area (Å²) in [7, 11) is 0. The molecule has 2 heteroatoms. The molecule has 1 saturated heterocycles. The summed E-state index contributed by atoms with van der Waals surface area (Å²) in [5.41, 5.74) is 5.81. The average molecular weight is 140 g/mol. The maximum Gasteiger partial charge on any atom is 0.0545 e. The Labute approximate surface area is 62.4 Å². The molecule has 2 nitrogen and oxygen atoms in total. The van der Waals surface area contributed by atoms with Gasteiger partial charge >= 0.3 is 0 Å². The Morgan fingerprint density at radius 2 is 2.30 bits per heavy atom. The summed E-state index contributed by atoms with van der Waals surface area (Å²) in [5.74, 6) is 0.982. The van der Waals surface area contributed by atoms with Gasteiger partial charge in [0.1, 0.15) is 0 Å². The molecular formula is C8H16N2. The maximum atomic E-state index is 5.81. The van der Waals surface area contributed by atoms with Crippen LogP contribution in [0.25, 0.3) is 0 Å². The zero-order valence-electron chi connectivity index (χ0n) is 6.59. The van der Waals surface area contributed by atoms with Crippen LogP contribution in [0.3, 0.4) is 0 Å². The number of nitrogens with zero attached hydrogens (tertiary/aromatic N) is 1. The van der Waals surface area contributed by atoms with Crippen molar-refractivity contribution in [2.24, 2.45) is 11.7 Å². The second-order valence-corrected chi connectivity index (χ2v) is 3.77. The number of hydrogen-bond acceptors (Lipinski definition) is 2. The molecule has 0 spiro atoms. The van der Waals surface area contributed by atoms with Gasteiger partial charge in [0, 0.05) is 12.6 Å². The zero-order valence-corrected chi connectivity index (χ0v) is 6.59. The summed E-state index contributed by atoms with van der Waals surface area (Å²) in [6.07, 6.45) is 4.55. The molecule has 1 aliphatic heterocycles. The average Bonchev–Trinajstić information content (AvgIpc) is 2.44.